The molecule has 0 atom stereocenters. The van der Waals surface area contributed by atoms with Crippen molar-refractivity contribution < 1.29 is 14.3 Å². The molecule has 0 saturated carbocycles. The Kier molecular flexibility index (Phi) is 6.01. The summed E-state index contributed by atoms with van der Waals surface area (Å²) in [5, 5.41) is 6.02. The zero-order valence-corrected chi connectivity index (χ0v) is 15.7. The number of benzene rings is 2. The van der Waals surface area contributed by atoms with Crippen LogP contribution < -0.4 is 10.6 Å². The van der Waals surface area contributed by atoms with Crippen LogP contribution in [0.4, 0.5) is 17.1 Å². The van der Waals surface area contributed by atoms with Crippen molar-refractivity contribution in [3.8, 4) is 0 Å². The molecule has 6 heteroatoms. The van der Waals surface area contributed by atoms with Gasteiger partial charge in [-0.2, -0.15) is 0 Å². The van der Waals surface area contributed by atoms with Crippen LogP contribution >= 0.6 is 0 Å². The second-order valence-corrected chi connectivity index (χ2v) is 6.09. The van der Waals surface area contributed by atoms with Crippen molar-refractivity contribution in [1.29, 1.82) is 0 Å². The minimum absolute atomic E-state index is 0.266. The van der Waals surface area contributed by atoms with Crippen molar-refractivity contribution in [2.24, 2.45) is 0 Å². The van der Waals surface area contributed by atoms with Gasteiger partial charge in [0.15, 0.2) is 0 Å². The number of hydrogen-bond donors (Lipinski definition) is 2. The molecule has 3 rings (SSSR count). The number of ether oxygens (including phenoxy) is 1. The van der Waals surface area contributed by atoms with Crippen LogP contribution in [0.3, 0.4) is 0 Å². The maximum absolute atomic E-state index is 12.6. The molecule has 1 amide bonds. The lowest BCUT2D eigenvalue weighted by Gasteiger charge is -2.12. The molecule has 2 N–H and O–H groups in total. The second-order valence-electron chi connectivity index (χ2n) is 6.09. The molecule has 28 heavy (non-hydrogen) atoms. The Morgan fingerprint density at radius 1 is 1.00 bits per heavy atom. The largest absolute Gasteiger partial charge is 0.462 e. The van der Waals surface area contributed by atoms with Crippen LogP contribution in [-0.2, 0) is 4.74 Å². The third kappa shape index (κ3) is 4.54. The molecular formula is C22H21N3O3. The number of carbonyl (C=O) groups is 2. The van der Waals surface area contributed by atoms with Gasteiger partial charge in [-0.15, -0.1) is 0 Å². The third-order valence-corrected chi connectivity index (χ3v) is 4.09. The maximum atomic E-state index is 12.6. The van der Waals surface area contributed by atoms with Crippen LogP contribution in [-0.4, -0.2) is 23.5 Å². The molecule has 0 unspecified atom stereocenters. The zero-order chi connectivity index (χ0) is 19.9. The summed E-state index contributed by atoms with van der Waals surface area (Å²) in [5.74, 6) is -0.714. The SMILES string of the molecule is CCOC(=O)c1ccccc1Nc1ccnc(C(=O)Nc2ccccc2C)c1. The molecule has 3 aromatic rings. The summed E-state index contributed by atoms with van der Waals surface area (Å²) in [7, 11) is 0. The van der Waals surface area contributed by atoms with E-state index in [0.29, 0.717) is 23.5 Å². The maximum Gasteiger partial charge on any atom is 0.340 e. The lowest BCUT2D eigenvalue weighted by molar-refractivity contribution is 0.0527. The fraction of sp³-hybridized carbons (Fsp3) is 0.136. The minimum Gasteiger partial charge on any atom is -0.462 e. The standard InChI is InChI=1S/C22H21N3O3/c1-3-28-22(27)17-9-5-7-11-19(17)24-16-12-13-23-20(14-16)21(26)25-18-10-6-4-8-15(18)2/h4-14H,3H2,1-2H3,(H,23,24)(H,25,26). The molecule has 1 aromatic heterocycles. The number of rotatable bonds is 6. The van der Waals surface area contributed by atoms with E-state index in [1.165, 1.54) is 0 Å². The topological polar surface area (TPSA) is 80.3 Å². The molecule has 6 nitrogen and oxygen atoms in total. The molecule has 0 bridgehead atoms. The first-order chi connectivity index (χ1) is 13.6. The van der Waals surface area contributed by atoms with Gasteiger partial charge in [0.05, 0.1) is 17.9 Å². The Morgan fingerprint density at radius 2 is 1.71 bits per heavy atom. The van der Waals surface area contributed by atoms with E-state index in [9.17, 15) is 9.59 Å². The lowest BCUT2D eigenvalue weighted by Crippen LogP contribution is -2.14. The molecule has 0 fully saturated rings. The monoisotopic (exact) mass is 375 g/mol. The van der Waals surface area contributed by atoms with Crippen LogP contribution in [0.5, 0.6) is 0 Å². The van der Waals surface area contributed by atoms with E-state index in [1.54, 1.807) is 43.5 Å². The van der Waals surface area contributed by atoms with Gasteiger partial charge in [-0.1, -0.05) is 30.3 Å². The fourth-order valence-corrected chi connectivity index (χ4v) is 2.67. The molecule has 0 saturated heterocycles. The van der Waals surface area contributed by atoms with Gasteiger partial charge in [-0.25, -0.2) is 4.79 Å². The summed E-state index contributed by atoms with van der Waals surface area (Å²) >= 11 is 0. The number of amides is 1. The number of carbonyl (C=O) groups excluding carboxylic acids is 2. The van der Waals surface area contributed by atoms with Gasteiger partial charge in [-0.05, 0) is 49.7 Å². The molecule has 0 radical (unpaired) electrons. The van der Waals surface area contributed by atoms with E-state index in [-0.39, 0.29) is 11.6 Å². The summed E-state index contributed by atoms with van der Waals surface area (Å²) in [6.07, 6.45) is 1.54. The molecule has 2 aromatic carbocycles. The fourth-order valence-electron chi connectivity index (χ4n) is 2.67. The number of esters is 1. The zero-order valence-electron chi connectivity index (χ0n) is 15.7. The van der Waals surface area contributed by atoms with Gasteiger partial charge >= 0.3 is 5.97 Å². The van der Waals surface area contributed by atoms with Crippen molar-refractivity contribution in [2.45, 2.75) is 13.8 Å². The van der Waals surface area contributed by atoms with E-state index in [2.05, 4.69) is 15.6 Å². The van der Waals surface area contributed by atoms with Gasteiger partial charge in [0, 0.05) is 17.6 Å². The number of nitrogens with one attached hydrogen (secondary N) is 2. The van der Waals surface area contributed by atoms with E-state index < -0.39 is 5.97 Å². The van der Waals surface area contributed by atoms with E-state index in [4.69, 9.17) is 4.74 Å². The van der Waals surface area contributed by atoms with Crippen molar-refractivity contribution in [1.82, 2.24) is 4.98 Å². The highest BCUT2D eigenvalue weighted by Crippen LogP contribution is 2.22. The predicted molar refractivity (Wildman–Crippen MR) is 109 cm³/mol. The summed E-state index contributed by atoms with van der Waals surface area (Å²) < 4.78 is 5.09. The van der Waals surface area contributed by atoms with Crippen molar-refractivity contribution in [3.63, 3.8) is 0 Å². The lowest BCUT2D eigenvalue weighted by atomic mass is 10.1. The first kappa shape index (κ1) is 19.1. The predicted octanol–water partition coefficient (Wildman–Crippen LogP) is 4.56. The highest BCUT2D eigenvalue weighted by molar-refractivity contribution is 6.04. The molecule has 1 heterocycles. The number of anilines is 3. The number of para-hydroxylation sites is 2. The van der Waals surface area contributed by atoms with E-state index in [1.807, 2.05) is 37.3 Å². The Labute approximate surface area is 163 Å². The molecular weight excluding hydrogens is 354 g/mol. The second kappa shape index (κ2) is 8.81. The Balaban J connectivity index is 1.80. The van der Waals surface area contributed by atoms with E-state index in [0.717, 1.165) is 11.3 Å². The highest BCUT2D eigenvalue weighted by Gasteiger charge is 2.13. The van der Waals surface area contributed by atoms with Gasteiger partial charge < -0.3 is 15.4 Å². The molecule has 0 spiro atoms. The summed E-state index contributed by atoms with van der Waals surface area (Å²) in [4.78, 5) is 28.8. The average Bonchev–Trinajstić information content (AvgIpc) is 2.70. The van der Waals surface area contributed by atoms with Crippen molar-refractivity contribution in [3.05, 3.63) is 83.7 Å². The Bertz CT molecular complexity index is 1000. The summed E-state index contributed by atoms with van der Waals surface area (Å²) in [5.41, 5.74) is 3.63. The first-order valence-electron chi connectivity index (χ1n) is 8.94. The van der Waals surface area contributed by atoms with E-state index >= 15 is 0 Å². The average molecular weight is 375 g/mol. The minimum atomic E-state index is -0.405. The molecule has 0 aliphatic carbocycles. The Hall–Kier alpha value is -3.67. The smallest absolute Gasteiger partial charge is 0.340 e. The normalized spacial score (nSPS) is 10.2. The van der Waals surface area contributed by atoms with Crippen LogP contribution in [0.1, 0.15) is 33.3 Å². The van der Waals surface area contributed by atoms with Crippen LogP contribution in [0, 0.1) is 6.92 Å². The third-order valence-electron chi connectivity index (χ3n) is 4.09. The van der Waals surface area contributed by atoms with Gasteiger partial charge in [0.2, 0.25) is 0 Å². The molecule has 0 aliphatic rings. The molecule has 142 valence electrons. The number of nitrogens with zero attached hydrogens (tertiary/aromatic N) is 1. The van der Waals surface area contributed by atoms with Gasteiger partial charge in [-0.3, -0.25) is 9.78 Å². The van der Waals surface area contributed by atoms with Crippen LogP contribution in [0.2, 0.25) is 0 Å². The van der Waals surface area contributed by atoms with Gasteiger partial charge in [0.1, 0.15) is 5.69 Å². The first-order valence-corrected chi connectivity index (χ1v) is 8.94. The molecule has 0 aliphatic heterocycles. The highest BCUT2D eigenvalue weighted by atomic mass is 16.5. The van der Waals surface area contributed by atoms with Crippen molar-refractivity contribution in [2.75, 3.05) is 17.2 Å². The van der Waals surface area contributed by atoms with Crippen LogP contribution in [0.15, 0.2) is 66.9 Å². The number of pyridine rings is 1. The van der Waals surface area contributed by atoms with Crippen molar-refractivity contribution >= 4 is 28.9 Å². The number of aryl methyl sites for hydroxylation is 1. The number of hydrogen-bond acceptors (Lipinski definition) is 5. The summed E-state index contributed by atoms with van der Waals surface area (Å²) in [6, 6.07) is 17.9. The number of aromatic nitrogens is 1. The quantitative estimate of drug-likeness (QED) is 0.617. The Morgan fingerprint density at radius 3 is 2.46 bits per heavy atom. The summed E-state index contributed by atoms with van der Waals surface area (Å²) in [6.45, 7) is 3.98. The van der Waals surface area contributed by atoms with Gasteiger partial charge in [0.25, 0.3) is 5.91 Å². The van der Waals surface area contributed by atoms with Crippen LogP contribution in [0.25, 0.3) is 0 Å².